The van der Waals surface area contributed by atoms with E-state index in [2.05, 4.69) is 12.4 Å². The summed E-state index contributed by atoms with van der Waals surface area (Å²) in [4.78, 5) is 39.3. The van der Waals surface area contributed by atoms with Gasteiger partial charge in [0, 0.05) is 18.4 Å². The maximum absolute atomic E-state index is 12.1. The molecule has 1 unspecified atom stereocenters. The molecule has 2 fully saturated rings. The van der Waals surface area contributed by atoms with Gasteiger partial charge in [-0.15, -0.1) is 0 Å². The predicted octanol–water partition coefficient (Wildman–Crippen LogP) is 0.000890. The topological polar surface area (TPSA) is 102 Å². The third-order valence-corrected chi connectivity index (χ3v) is 4.34. The van der Waals surface area contributed by atoms with Crippen molar-refractivity contribution in [2.24, 2.45) is 0 Å². The van der Waals surface area contributed by atoms with Gasteiger partial charge in [0.2, 0.25) is 0 Å². The minimum Gasteiger partial charge on any atom is -0.467 e. The molecule has 3 amide bonds. The fourth-order valence-corrected chi connectivity index (χ4v) is 2.85. The van der Waals surface area contributed by atoms with E-state index in [9.17, 15) is 14.4 Å². The number of nitrogens with one attached hydrogen (secondary N) is 2. The molecule has 0 saturated carbocycles. The van der Waals surface area contributed by atoms with Crippen LogP contribution in [0.1, 0.15) is 0 Å². The SMILES string of the molecule is [CH2-][NH+](C)CCOC(=O)NC[C@H]1CN(c2ccc(N3CCOC3=O)cc2)C(=O)O1. The summed E-state index contributed by atoms with van der Waals surface area (Å²) in [5.74, 6) is 0. The van der Waals surface area contributed by atoms with Gasteiger partial charge < -0.3 is 24.4 Å². The van der Waals surface area contributed by atoms with Gasteiger partial charge in [0.15, 0.2) is 0 Å². The molecule has 28 heavy (non-hydrogen) atoms. The quantitative estimate of drug-likeness (QED) is 0.500. The summed E-state index contributed by atoms with van der Waals surface area (Å²) < 4.78 is 15.2. The summed E-state index contributed by atoms with van der Waals surface area (Å²) in [6.07, 6.45) is -1.91. The standard InChI is InChI=1S/C18H24N4O6/c1-20(2)7-9-26-16(23)19-11-15-12-22(18(25)28-15)14-5-3-13(4-6-14)21-8-10-27-17(21)24/h3-6,15,20H,1,7-12H2,2H3,(H,19,23)/t15-/m0/s1. The molecular weight excluding hydrogens is 368 g/mol. The summed E-state index contributed by atoms with van der Waals surface area (Å²) in [6, 6.07) is 6.98. The highest BCUT2D eigenvalue weighted by Gasteiger charge is 2.33. The molecular formula is C18H24N4O6. The monoisotopic (exact) mass is 392 g/mol. The van der Waals surface area contributed by atoms with E-state index in [-0.39, 0.29) is 19.2 Å². The van der Waals surface area contributed by atoms with Crippen molar-refractivity contribution in [3.8, 4) is 0 Å². The number of carbonyl (C=O) groups excluding carboxylic acids is 3. The lowest BCUT2D eigenvalue weighted by atomic mass is 10.2. The number of benzene rings is 1. The Bertz CT molecular complexity index is 723. The minimum absolute atomic E-state index is 0.159. The number of nitrogens with zero attached hydrogens (tertiary/aromatic N) is 2. The molecule has 2 saturated heterocycles. The van der Waals surface area contributed by atoms with Crippen LogP contribution in [-0.4, -0.2) is 70.8 Å². The van der Waals surface area contributed by atoms with E-state index in [1.807, 2.05) is 7.05 Å². The molecule has 3 rings (SSSR count). The lowest BCUT2D eigenvalue weighted by Crippen LogP contribution is -3.04. The minimum atomic E-state index is -0.558. The van der Waals surface area contributed by atoms with Crippen molar-refractivity contribution in [1.29, 1.82) is 0 Å². The maximum atomic E-state index is 12.1. The van der Waals surface area contributed by atoms with Crippen molar-refractivity contribution in [3.63, 3.8) is 0 Å². The van der Waals surface area contributed by atoms with Crippen LogP contribution in [0.15, 0.2) is 24.3 Å². The Morgan fingerprint density at radius 1 is 1.25 bits per heavy atom. The fourth-order valence-electron chi connectivity index (χ4n) is 2.85. The van der Waals surface area contributed by atoms with Gasteiger partial charge in [0.25, 0.3) is 0 Å². The molecule has 0 radical (unpaired) electrons. The van der Waals surface area contributed by atoms with Crippen LogP contribution in [0.5, 0.6) is 0 Å². The summed E-state index contributed by atoms with van der Waals surface area (Å²) in [5, 5.41) is 2.59. The zero-order valence-electron chi connectivity index (χ0n) is 15.7. The number of hydrogen-bond donors (Lipinski definition) is 2. The Hall–Kier alpha value is -3.01. The first-order valence-electron chi connectivity index (χ1n) is 9.01. The number of cyclic esters (lactones) is 2. The van der Waals surface area contributed by atoms with E-state index in [4.69, 9.17) is 14.2 Å². The Labute approximate surface area is 162 Å². The molecule has 10 nitrogen and oxygen atoms in total. The molecule has 10 heteroatoms. The second kappa shape index (κ2) is 8.79. The molecule has 0 spiro atoms. The second-order valence-corrected chi connectivity index (χ2v) is 6.62. The number of anilines is 2. The van der Waals surface area contributed by atoms with E-state index in [1.54, 1.807) is 24.3 Å². The maximum Gasteiger partial charge on any atom is 0.414 e. The van der Waals surface area contributed by atoms with Crippen molar-refractivity contribution in [2.45, 2.75) is 6.10 Å². The molecule has 152 valence electrons. The van der Waals surface area contributed by atoms with Crippen LogP contribution in [0.4, 0.5) is 25.8 Å². The molecule has 2 aliphatic heterocycles. The molecule has 2 N–H and O–H groups in total. The second-order valence-electron chi connectivity index (χ2n) is 6.62. The van der Waals surface area contributed by atoms with Gasteiger partial charge >= 0.3 is 18.3 Å². The lowest BCUT2D eigenvalue weighted by molar-refractivity contribution is -0.831. The fraction of sp³-hybridized carbons (Fsp3) is 0.444. The average molecular weight is 392 g/mol. The van der Waals surface area contributed by atoms with Crippen LogP contribution >= 0.6 is 0 Å². The summed E-state index contributed by atoms with van der Waals surface area (Å²) in [5.41, 5.74) is 1.35. The zero-order chi connectivity index (χ0) is 20.1. The normalized spacial score (nSPS) is 20.0. The van der Waals surface area contributed by atoms with Gasteiger partial charge in [-0.2, -0.15) is 7.05 Å². The smallest absolute Gasteiger partial charge is 0.414 e. The number of hydrogen-bond acceptors (Lipinski definition) is 6. The number of quaternary nitrogens is 1. The molecule has 2 atom stereocenters. The third-order valence-electron chi connectivity index (χ3n) is 4.34. The predicted molar refractivity (Wildman–Crippen MR) is 99.2 cm³/mol. The Morgan fingerprint density at radius 3 is 2.54 bits per heavy atom. The Morgan fingerprint density at radius 2 is 1.93 bits per heavy atom. The number of carbonyl (C=O) groups is 3. The molecule has 0 bridgehead atoms. The molecule has 0 aliphatic carbocycles. The van der Waals surface area contributed by atoms with Crippen LogP contribution in [-0.2, 0) is 14.2 Å². The van der Waals surface area contributed by atoms with Crippen LogP contribution in [0, 0.1) is 7.05 Å². The first kappa shape index (κ1) is 19.7. The van der Waals surface area contributed by atoms with Gasteiger partial charge in [-0.1, -0.05) is 0 Å². The van der Waals surface area contributed by atoms with Crippen LogP contribution in [0.3, 0.4) is 0 Å². The average Bonchev–Trinajstić information content (AvgIpc) is 3.25. The van der Waals surface area contributed by atoms with Gasteiger partial charge in [0.1, 0.15) is 19.3 Å². The Balaban J connectivity index is 1.49. The van der Waals surface area contributed by atoms with Crippen molar-refractivity contribution in [3.05, 3.63) is 31.3 Å². The molecule has 2 aliphatic rings. The van der Waals surface area contributed by atoms with E-state index in [0.29, 0.717) is 37.6 Å². The van der Waals surface area contributed by atoms with Crippen molar-refractivity contribution in [2.75, 3.05) is 56.2 Å². The molecule has 1 aromatic rings. The van der Waals surface area contributed by atoms with Gasteiger partial charge in [0.05, 0.1) is 26.2 Å². The summed E-state index contributed by atoms with van der Waals surface area (Å²) in [6.45, 7) is 2.19. The number of rotatable bonds is 7. The lowest BCUT2D eigenvalue weighted by Gasteiger charge is -2.16. The van der Waals surface area contributed by atoms with Crippen LogP contribution in [0.25, 0.3) is 0 Å². The van der Waals surface area contributed by atoms with Crippen LogP contribution < -0.4 is 20.0 Å². The highest BCUT2D eigenvalue weighted by atomic mass is 16.6. The van der Waals surface area contributed by atoms with Gasteiger partial charge in [-0.3, -0.25) is 9.80 Å². The van der Waals surface area contributed by atoms with E-state index >= 15 is 0 Å². The highest BCUT2D eigenvalue weighted by Crippen LogP contribution is 2.26. The van der Waals surface area contributed by atoms with Crippen molar-refractivity contribution < 1.29 is 33.5 Å². The first-order valence-corrected chi connectivity index (χ1v) is 9.01. The number of amides is 3. The highest BCUT2D eigenvalue weighted by molar-refractivity contribution is 5.92. The van der Waals surface area contributed by atoms with E-state index < -0.39 is 18.3 Å². The molecule has 1 aromatic carbocycles. The van der Waals surface area contributed by atoms with E-state index in [1.165, 1.54) is 9.80 Å². The summed E-state index contributed by atoms with van der Waals surface area (Å²) in [7, 11) is 5.60. The summed E-state index contributed by atoms with van der Waals surface area (Å²) >= 11 is 0. The van der Waals surface area contributed by atoms with Gasteiger partial charge in [-0.25, -0.2) is 14.4 Å². The molecule has 0 aromatic heterocycles. The first-order chi connectivity index (χ1) is 13.4. The number of alkyl carbamates (subject to hydrolysis) is 1. The molecule has 2 heterocycles. The number of ether oxygens (including phenoxy) is 3. The van der Waals surface area contributed by atoms with Crippen molar-refractivity contribution in [1.82, 2.24) is 5.32 Å². The third kappa shape index (κ3) is 4.83. The van der Waals surface area contributed by atoms with E-state index in [0.717, 1.165) is 4.90 Å². The van der Waals surface area contributed by atoms with Crippen molar-refractivity contribution >= 4 is 29.7 Å². The Kier molecular flexibility index (Phi) is 6.19. The largest absolute Gasteiger partial charge is 0.467 e. The zero-order valence-corrected chi connectivity index (χ0v) is 15.7. The van der Waals surface area contributed by atoms with Gasteiger partial charge in [-0.05, 0) is 24.3 Å². The number of likely N-dealkylation sites (N-methyl/N-ethyl adjacent to an activating group) is 1. The van der Waals surface area contributed by atoms with Crippen LogP contribution in [0.2, 0.25) is 0 Å².